The number of carboxylic acids is 1. The summed E-state index contributed by atoms with van der Waals surface area (Å²) in [6.45, 7) is 0.304. The van der Waals surface area contributed by atoms with Crippen LogP contribution in [0.2, 0.25) is 0 Å². The van der Waals surface area contributed by atoms with E-state index in [2.05, 4.69) is 9.50 Å². The molecule has 1 saturated carbocycles. The Labute approximate surface area is 189 Å². The van der Waals surface area contributed by atoms with Crippen LogP contribution < -0.4 is 5.32 Å². The topological polar surface area (TPSA) is 228 Å². The molecule has 2 fully saturated rings. The lowest BCUT2D eigenvalue weighted by Crippen LogP contribution is -2.67. The van der Waals surface area contributed by atoms with Crippen LogP contribution in [0.4, 0.5) is 0 Å². The van der Waals surface area contributed by atoms with Gasteiger partial charge in [0.2, 0.25) is 5.91 Å². The molecule has 0 aromatic carbocycles. The van der Waals surface area contributed by atoms with Crippen molar-refractivity contribution in [3.8, 4) is 0 Å². The third-order valence-corrected chi connectivity index (χ3v) is 5.96. The van der Waals surface area contributed by atoms with E-state index in [0.717, 1.165) is 6.92 Å². The Balaban J connectivity index is 2.33. The Hall–Kier alpha value is -1.47. The van der Waals surface area contributed by atoms with Crippen molar-refractivity contribution in [2.75, 3.05) is 20.8 Å². The number of aliphatic carboxylic acids is 1. The lowest BCUT2D eigenvalue weighted by molar-refractivity contribution is -0.287. The molecular formula is C17H29NO14S. The van der Waals surface area contributed by atoms with Gasteiger partial charge in [-0.1, -0.05) is 0 Å². The summed E-state index contributed by atoms with van der Waals surface area (Å²) in [5.41, 5.74) is 0. The maximum atomic E-state index is 11.7. The average Bonchev–Trinajstić information content (AvgIpc) is 2.71. The van der Waals surface area contributed by atoms with E-state index in [1.807, 2.05) is 0 Å². The maximum Gasteiger partial charge on any atom is 0.397 e. The van der Waals surface area contributed by atoms with Crippen molar-refractivity contribution < 1.29 is 66.1 Å². The zero-order valence-corrected chi connectivity index (χ0v) is 18.8. The molecule has 1 amide bonds. The van der Waals surface area contributed by atoms with Crippen molar-refractivity contribution >= 4 is 22.3 Å². The molecule has 2 aliphatic rings. The van der Waals surface area contributed by atoms with Crippen LogP contribution in [-0.4, -0.2) is 121 Å². The van der Waals surface area contributed by atoms with Gasteiger partial charge in [0.1, 0.15) is 36.6 Å². The number of aliphatic hydroxyl groups is 3. The fraction of sp³-hybridized carbons (Fsp3) is 0.882. The second-order valence-electron chi connectivity index (χ2n) is 7.71. The van der Waals surface area contributed by atoms with Crippen LogP contribution in [0.15, 0.2) is 0 Å². The van der Waals surface area contributed by atoms with E-state index < -0.39 is 89.9 Å². The molecule has 0 bridgehead atoms. The predicted octanol–water partition coefficient (Wildman–Crippen LogP) is -3.36. The molecule has 33 heavy (non-hydrogen) atoms. The number of methoxy groups -OCH3 is 2. The van der Waals surface area contributed by atoms with Crippen molar-refractivity contribution in [3.63, 3.8) is 0 Å². The summed E-state index contributed by atoms with van der Waals surface area (Å²) in [4.78, 5) is 23.4. The van der Waals surface area contributed by atoms with Gasteiger partial charge in [-0.05, 0) is 6.42 Å². The van der Waals surface area contributed by atoms with Crippen LogP contribution in [0.3, 0.4) is 0 Å². The molecule has 192 valence electrons. The Kier molecular flexibility index (Phi) is 9.51. The lowest BCUT2D eigenvalue weighted by Gasteiger charge is -2.47. The molecule has 16 heteroatoms. The van der Waals surface area contributed by atoms with Crippen molar-refractivity contribution in [3.05, 3.63) is 0 Å². The summed E-state index contributed by atoms with van der Waals surface area (Å²) in [5, 5.41) is 43.6. The first-order chi connectivity index (χ1) is 15.3. The summed E-state index contributed by atoms with van der Waals surface area (Å²) < 4.78 is 56.3. The standard InChI is InChI=1S/C17H29NO14S/c1-6(19)18-10-15(12(21)9(32-17(10)29-3)5-30-33(25,26)27)31-8-4-7(16(23)24)14(28-2)13(22)11(8)20/h7-15,17,20-22H,4-5H2,1-3H3,(H,18,19)(H,23,24)(H,25,26,27)/t7?,8-,9?,10?,11?,12+,13-,14+,15-,17-/m1/s1. The Morgan fingerprint density at radius 3 is 2.18 bits per heavy atom. The number of hydrogen-bond acceptors (Lipinski definition) is 12. The number of nitrogens with one attached hydrogen (secondary N) is 1. The largest absolute Gasteiger partial charge is 0.481 e. The first-order valence-corrected chi connectivity index (χ1v) is 11.2. The fourth-order valence-electron chi connectivity index (χ4n) is 4.02. The van der Waals surface area contributed by atoms with Gasteiger partial charge in [-0.25, -0.2) is 4.18 Å². The molecular weight excluding hydrogens is 474 g/mol. The van der Waals surface area contributed by atoms with Gasteiger partial charge in [-0.3, -0.25) is 14.1 Å². The molecule has 1 aliphatic heterocycles. The highest BCUT2D eigenvalue weighted by molar-refractivity contribution is 7.80. The maximum absolute atomic E-state index is 11.7. The predicted molar refractivity (Wildman–Crippen MR) is 104 cm³/mol. The van der Waals surface area contributed by atoms with Gasteiger partial charge in [0.15, 0.2) is 6.29 Å². The first kappa shape index (κ1) is 27.8. The molecule has 4 unspecified atom stereocenters. The number of carbonyl (C=O) groups excluding carboxylic acids is 1. The Morgan fingerprint density at radius 2 is 1.70 bits per heavy atom. The SMILES string of the molecule is CO[C@@H]1OC(COS(=O)(=O)O)[C@H](O)[C@H](O[C@@H]2CC(C(=O)O)[C@H](OC)[C@H](O)C2O)C1NC(C)=O. The molecule has 1 heterocycles. The fourth-order valence-corrected chi connectivity index (χ4v) is 4.32. The second-order valence-corrected chi connectivity index (χ2v) is 8.80. The number of carboxylic acid groups (broad SMARTS) is 1. The van der Waals surface area contributed by atoms with Gasteiger partial charge in [-0.15, -0.1) is 0 Å². The van der Waals surface area contributed by atoms with Gasteiger partial charge in [0.25, 0.3) is 0 Å². The van der Waals surface area contributed by atoms with E-state index in [-0.39, 0.29) is 6.42 Å². The van der Waals surface area contributed by atoms with Crippen LogP contribution in [0.25, 0.3) is 0 Å². The third-order valence-electron chi connectivity index (χ3n) is 5.53. The quantitative estimate of drug-likeness (QED) is 0.169. The number of ether oxygens (including phenoxy) is 4. The van der Waals surface area contributed by atoms with E-state index in [1.54, 1.807) is 0 Å². The third kappa shape index (κ3) is 6.78. The summed E-state index contributed by atoms with van der Waals surface area (Å²) in [6, 6.07) is -1.20. The smallest absolute Gasteiger partial charge is 0.397 e. The monoisotopic (exact) mass is 503 g/mol. The highest BCUT2D eigenvalue weighted by Crippen LogP contribution is 2.33. The summed E-state index contributed by atoms with van der Waals surface area (Å²) in [6.07, 6.45) is -12.1. The van der Waals surface area contributed by atoms with Crippen LogP contribution >= 0.6 is 0 Å². The number of amides is 1. The van der Waals surface area contributed by atoms with E-state index in [9.17, 15) is 38.4 Å². The van der Waals surface area contributed by atoms with Gasteiger partial charge < -0.3 is 44.7 Å². The first-order valence-electron chi connectivity index (χ1n) is 9.83. The van der Waals surface area contributed by atoms with Gasteiger partial charge >= 0.3 is 16.4 Å². The minimum Gasteiger partial charge on any atom is -0.481 e. The van der Waals surface area contributed by atoms with Gasteiger partial charge in [0.05, 0.1) is 24.7 Å². The minimum atomic E-state index is -4.88. The molecule has 0 spiro atoms. The molecule has 0 aromatic rings. The number of rotatable bonds is 9. The summed E-state index contributed by atoms with van der Waals surface area (Å²) in [5.74, 6) is -3.17. The zero-order valence-electron chi connectivity index (χ0n) is 18.0. The molecule has 0 aromatic heterocycles. The summed E-state index contributed by atoms with van der Waals surface area (Å²) >= 11 is 0. The number of hydrogen-bond donors (Lipinski definition) is 6. The highest BCUT2D eigenvalue weighted by atomic mass is 32.3. The minimum absolute atomic E-state index is 0.327. The molecule has 1 saturated heterocycles. The normalized spacial score (nSPS) is 39.7. The van der Waals surface area contributed by atoms with E-state index in [4.69, 9.17) is 23.5 Å². The molecule has 1 aliphatic carbocycles. The number of aliphatic hydroxyl groups excluding tert-OH is 3. The molecule has 2 rings (SSSR count). The van der Waals surface area contributed by atoms with Crippen molar-refractivity contribution in [1.29, 1.82) is 0 Å². The van der Waals surface area contributed by atoms with E-state index in [1.165, 1.54) is 14.2 Å². The molecule has 0 radical (unpaired) electrons. The van der Waals surface area contributed by atoms with Crippen molar-refractivity contribution in [2.24, 2.45) is 5.92 Å². The van der Waals surface area contributed by atoms with Crippen LogP contribution in [-0.2, 0) is 43.1 Å². The average molecular weight is 503 g/mol. The van der Waals surface area contributed by atoms with Crippen molar-refractivity contribution in [2.45, 2.75) is 68.4 Å². The highest BCUT2D eigenvalue weighted by Gasteiger charge is 2.52. The Morgan fingerprint density at radius 1 is 1.06 bits per heavy atom. The van der Waals surface area contributed by atoms with E-state index in [0.29, 0.717) is 0 Å². The van der Waals surface area contributed by atoms with Crippen molar-refractivity contribution in [1.82, 2.24) is 5.32 Å². The summed E-state index contributed by atoms with van der Waals surface area (Å²) in [7, 11) is -2.52. The van der Waals surface area contributed by atoms with Gasteiger partial charge in [-0.2, -0.15) is 8.42 Å². The van der Waals surface area contributed by atoms with Crippen LogP contribution in [0, 0.1) is 5.92 Å². The molecule has 6 N–H and O–H groups in total. The molecule has 15 nitrogen and oxygen atoms in total. The molecule has 10 atom stereocenters. The van der Waals surface area contributed by atoms with Gasteiger partial charge in [0, 0.05) is 21.1 Å². The lowest BCUT2D eigenvalue weighted by atomic mass is 9.80. The second kappa shape index (κ2) is 11.3. The zero-order chi connectivity index (χ0) is 25.1. The Bertz CT molecular complexity index is 793. The van der Waals surface area contributed by atoms with E-state index >= 15 is 0 Å². The number of carbonyl (C=O) groups is 2. The van der Waals surface area contributed by atoms with Crippen LogP contribution in [0.5, 0.6) is 0 Å². The van der Waals surface area contributed by atoms with Crippen LogP contribution in [0.1, 0.15) is 13.3 Å².